The van der Waals surface area contributed by atoms with Gasteiger partial charge in [-0.3, -0.25) is 19.1 Å². The van der Waals surface area contributed by atoms with Crippen LogP contribution in [0.15, 0.2) is 34.0 Å². The fraction of sp³-hybridized carbons (Fsp3) is 0.467. The average Bonchev–Trinajstić information content (AvgIpc) is 3.24. The van der Waals surface area contributed by atoms with E-state index in [2.05, 4.69) is 17.9 Å². The molecule has 0 radical (unpaired) electrons. The zero-order valence-electron chi connectivity index (χ0n) is 23.8. The van der Waals surface area contributed by atoms with Crippen LogP contribution in [0.5, 0.6) is 0 Å². The highest BCUT2D eigenvalue weighted by Gasteiger charge is 2.33. The molecule has 0 N–H and O–H groups in total. The van der Waals surface area contributed by atoms with E-state index in [1.54, 1.807) is 34.6 Å². The monoisotopic (exact) mass is 597 g/mol. The third kappa shape index (κ3) is 6.66. The maximum absolute atomic E-state index is 14.5. The van der Waals surface area contributed by atoms with Crippen LogP contribution in [0.2, 0.25) is 0 Å². The quantitative estimate of drug-likeness (QED) is 0.205. The normalized spacial score (nSPS) is 16.7. The van der Waals surface area contributed by atoms with Crippen molar-refractivity contribution in [3.05, 3.63) is 62.0 Å². The number of aromatic nitrogens is 1. The van der Waals surface area contributed by atoms with Gasteiger partial charge in [0.15, 0.2) is 0 Å². The Morgan fingerprint density at radius 2 is 1.80 bits per heavy atom. The van der Waals surface area contributed by atoms with E-state index < -0.39 is 0 Å². The van der Waals surface area contributed by atoms with Crippen molar-refractivity contribution in [2.75, 3.05) is 55.7 Å². The van der Waals surface area contributed by atoms with Gasteiger partial charge >= 0.3 is 0 Å². The highest BCUT2D eigenvalue weighted by Crippen LogP contribution is 2.36. The van der Waals surface area contributed by atoms with Crippen LogP contribution in [0.25, 0.3) is 6.08 Å². The summed E-state index contributed by atoms with van der Waals surface area (Å²) in [7, 11) is 0. The molecule has 0 bridgehead atoms. The van der Waals surface area contributed by atoms with E-state index >= 15 is 0 Å². The number of hydrogen-bond donors (Lipinski definition) is 0. The number of pyridine rings is 1. The van der Waals surface area contributed by atoms with E-state index in [1.807, 2.05) is 17.9 Å². The van der Waals surface area contributed by atoms with Crippen molar-refractivity contribution in [3.63, 3.8) is 0 Å². The van der Waals surface area contributed by atoms with Crippen molar-refractivity contribution in [1.82, 2.24) is 9.47 Å². The molecule has 2 fully saturated rings. The predicted octanol–water partition coefficient (Wildman–Crippen LogP) is 4.92. The summed E-state index contributed by atoms with van der Waals surface area (Å²) in [6, 6.07) is 8.83. The summed E-state index contributed by atoms with van der Waals surface area (Å²) < 4.78 is 22.1. The summed E-state index contributed by atoms with van der Waals surface area (Å²) in [4.78, 5) is 33.2. The van der Waals surface area contributed by atoms with Crippen molar-refractivity contribution < 1.29 is 13.9 Å². The number of para-hydroxylation sites is 1. The van der Waals surface area contributed by atoms with E-state index in [9.17, 15) is 19.2 Å². The molecule has 4 rings (SSSR count). The van der Waals surface area contributed by atoms with Crippen molar-refractivity contribution in [2.24, 2.45) is 0 Å². The molecule has 218 valence electrons. The molecule has 0 aliphatic carbocycles. The van der Waals surface area contributed by atoms with Gasteiger partial charge in [-0.2, -0.15) is 5.26 Å². The van der Waals surface area contributed by atoms with Gasteiger partial charge in [0.05, 0.1) is 10.6 Å². The second-order valence-electron chi connectivity index (χ2n) is 9.97. The number of nitrogens with zero attached hydrogens (tertiary/aromatic N) is 5. The Hall–Kier alpha value is -3.20. The van der Waals surface area contributed by atoms with Gasteiger partial charge in [0.1, 0.15) is 27.6 Å². The van der Waals surface area contributed by atoms with E-state index in [-0.39, 0.29) is 22.8 Å². The van der Waals surface area contributed by atoms with Crippen LogP contribution in [0.3, 0.4) is 0 Å². The molecule has 41 heavy (non-hydrogen) atoms. The van der Waals surface area contributed by atoms with Gasteiger partial charge in [0.2, 0.25) is 0 Å². The first-order valence-corrected chi connectivity index (χ1v) is 15.3. The van der Waals surface area contributed by atoms with Gasteiger partial charge in [-0.25, -0.2) is 4.39 Å². The van der Waals surface area contributed by atoms with Gasteiger partial charge in [-0.05, 0) is 50.5 Å². The van der Waals surface area contributed by atoms with Crippen LogP contribution in [0.4, 0.5) is 15.9 Å². The second-order valence-corrected chi connectivity index (χ2v) is 11.6. The summed E-state index contributed by atoms with van der Waals surface area (Å²) in [5, 5.41) is 9.95. The first-order chi connectivity index (χ1) is 19.8. The number of halogens is 1. The molecular formula is C30H36FN5O3S2. The summed E-state index contributed by atoms with van der Waals surface area (Å²) in [6.07, 6.45) is 4.10. The maximum atomic E-state index is 14.5. The van der Waals surface area contributed by atoms with Crippen LogP contribution in [-0.2, 0) is 16.1 Å². The number of hydrogen-bond acceptors (Lipinski definition) is 8. The first kappa shape index (κ1) is 30.8. The molecule has 3 heterocycles. The van der Waals surface area contributed by atoms with Crippen LogP contribution >= 0.6 is 24.0 Å². The predicted molar refractivity (Wildman–Crippen MR) is 167 cm³/mol. The Labute approximate surface area is 250 Å². The minimum Gasteiger partial charge on any atom is -0.382 e. The van der Waals surface area contributed by atoms with Gasteiger partial charge < -0.3 is 14.5 Å². The highest BCUT2D eigenvalue weighted by molar-refractivity contribution is 8.26. The third-order valence-electron chi connectivity index (χ3n) is 7.38. The molecule has 2 aliphatic rings. The lowest BCUT2D eigenvalue weighted by Gasteiger charge is -2.39. The molecule has 1 aromatic heterocycles. The Balaban J connectivity index is 1.73. The Bertz CT molecular complexity index is 1430. The van der Waals surface area contributed by atoms with E-state index in [0.717, 1.165) is 12.8 Å². The topological polar surface area (TPSA) is 81.8 Å². The Kier molecular flexibility index (Phi) is 10.6. The van der Waals surface area contributed by atoms with Gasteiger partial charge in [-0.1, -0.05) is 49.5 Å². The summed E-state index contributed by atoms with van der Waals surface area (Å²) >= 11 is 6.77. The van der Waals surface area contributed by atoms with Crippen molar-refractivity contribution in [2.45, 2.75) is 46.6 Å². The molecule has 2 saturated heterocycles. The zero-order valence-corrected chi connectivity index (χ0v) is 25.5. The second kappa shape index (κ2) is 14.1. The van der Waals surface area contributed by atoms with Crippen molar-refractivity contribution >= 4 is 51.8 Å². The largest absolute Gasteiger partial charge is 0.382 e. The molecule has 11 heteroatoms. The van der Waals surface area contributed by atoms with Gasteiger partial charge in [0, 0.05) is 58.0 Å². The summed E-state index contributed by atoms with van der Waals surface area (Å²) in [5.41, 5.74) is 1.52. The Morgan fingerprint density at radius 3 is 2.46 bits per heavy atom. The summed E-state index contributed by atoms with van der Waals surface area (Å²) in [6.45, 7) is 10.0. The molecule has 2 aromatic rings. The first-order valence-electron chi connectivity index (χ1n) is 14.1. The number of benzene rings is 1. The third-order valence-corrected chi connectivity index (χ3v) is 8.76. The van der Waals surface area contributed by atoms with Crippen LogP contribution in [-0.4, -0.2) is 65.6 Å². The van der Waals surface area contributed by atoms with Crippen molar-refractivity contribution in [1.29, 1.82) is 5.26 Å². The summed E-state index contributed by atoms with van der Waals surface area (Å²) in [5.74, 6) is 0.241. The smallest absolute Gasteiger partial charge is 0.270 e. The number of rotatable bonds is 11. The number of amides is 1. The number of anilines is 2. The van der Waals surface area contributed by atoms with Crippen molar-refractivity contribution in [3.8, 4) is 6.07 Å². The number of piperazine rings is 1. The van der Waals surface area contributed by atoms with E-state index in [0.29, 0.717) is 90.8 Å². The molecule has 2 aliphatic heterocycles. The molecule has 8 nitrogen and oxygen atoms in total. The lowest BCUT2D eigenvalue weighted by atomic mass is 10.0. The number of thiocarbonyl (C=S) groups is 1. The number of ether oxygens (including phenoxy) is 1. The molecule has 0 saturated carbocycles. The highest BCUT2D eigenvalue weighted by atomic mass is 32.2. The standard InChI is InChI=1S/C30H36FN5O3S2/c1-4-6-12-35-27(34-16-14-33(15-17-34)25-11-8-7-10-24(25)31)22(21(3)23(20-32)28(35)37)19-26-29(38)36(30(40)41-26)13-9-18-39-5-2/h7-8,10-11,19H,4-6,9,12-18H2,1-3H3/b26-19-. The van der Waals surface area contributed by atoms with Gasteiger partial charge in [-0.15, -0.1) is 0 Å². The minimum absolute atomic E-state index is 0.0771. The molecular weight excluding hydrogens is 561 g/mol. The molecule has 0 atom stereocenters. The van der Waals surface area contributed by atoms with Crippen LogP contribution in [0.1, 0.15) is 49.8 Å². The zero-order chi connectivity index (χ0) is 29.5. The number of nitriles is 1. The number of carbonyl (C=O) groups is 1. The Morgan fingerprint density at radius 1 is 1.10 bits per heavy atom. The van der Waals surface area contributed by atoms with E-state index in [4.69, 9.17) is 17.0 Å². The lowest BCUT2D eigenvalue weighted by molar-refractivity contribution is -0.122. The van der Waals surface area contributed by atoms with E-state index in [1.165, 1.54) is 17.8 Å². The number of carbonyl (C=O) groups excluding carboxylic acids is 1. The number of thioether (sulfide) groups is 1. The minimum atomic E-state index is -0.328. The van der Waals surface area contributed by atoms with Crippen LogP contribution in [0, 0.1) is 24.1 Å². The molecule has 0 spiro atoms. The number of unbranched alkanes of at least 4 members (excludes halogenated alkanes) is 1. The average molecular weight is 598 g/mol. The maximum Gasteiger partial charge on any atom is 0.270 e. The SMILES string of the molecule is CCCCn1c(N2CCN(c3ccccc3F)CC2)c(/C=C2\SC(=S)N(CCCOCC)C2=O)c(C)c(C#N)c1=O. The van der Waals surface area contributed by atoms with Crippen LogP contribution < -0.4 is 15.4 Å². The lowest BCUT2D eigenvalue weighted by Crippen LogP contribution is -2.49. The fourth-order valence-electron chi connectivity index (χ4n) is 5.17. The molecule has 0 unspecified atom stereocenters. The molecule has 1 amide bonds. The molecule has 1 aromatic carbocycles. The van der Waals surface area contributed by atoms with Gasteiger partial charge in [0.25, 0.3) is 11.5 Å². The fourth-order valence-corrected chi connectivity index (χ4v) is 6.46.